The van der Waals surface area contributed by atoms with Gasteiger partial charge in [-0.3, -0.25) is 9.59 Å². The van der Waals surface area contributed by atoms with Crippen molar-refractivity contribution in [3.05, 3.63) is 63.9 Å². The van der Waals surface area contributed by atoms with Gasteiger partial charge in [0.2, 0.25) is 11.8 Å². The van der Waals surface area contributed by atoms with E-state index in [1.807, 2.05) is 18.2 Å². The molecule has 2 aliphatic rings. The lowest BCUT2D eigenvalue weighted by atomic mass is 9.94. The van der Waals surface area contributed by atoms with Crippen molar-refractivity contribution in [2.45, 2.75) is 31.7 Å². The van der Waals surface area contributed by atoms with Crippen LogP contribution >= 0.6 is 15.9 Å². The van der Waals surface area contributed by atoms with Crippen molar-refractivity contribution in [2.24, 2.45) is 5.92 Å². The number of hydrogen-bond donors (Lipinski definition) is 1. The molecule has 1 unspecified atom stereocenters. The molecule has 1 fully saturated rings. The van der Waals surface area contributed by atoms with E-state index in [9.17, 15) is 14.0 Å². The molecule has 0 saturated heterocycles. The summed E-state index contributed by atoms with van der Waals surface area (Å²) >= 11 is 3.49. The third kappa shape index (κ3) is 3.63. The summed E-state index contributed by atoms with van der Waals surface area (Å²) in [6.45, 7) is -0.0102. The van der Waals surface area contributed by atoms with Crippen LogP contribution in [0.2, 0.25) is 0 Å². The fraction of sp³-hybridized carbons (Fsp3) is 0.333. The highest BCUT2D eigenvalue weighted by Crippen LogP contribution is 2.39. The Morgan fingerprint density at radius 3 is 2.52 bits per heavy atom. The standard InChI is InChI=1S/C21H20BrFN2O2/c22-15-7-10-18-17(11-15)20(13-5-8-16(23)9-6-13)25(12-19(26)24-18)21(27)14-3-1-2-4-14/h5-11,14,20H,1-4,12H2,(H,24,26). The topological polar surface area (TPSA) is 49.4 Å². The SMILES string of the molecule is O=C1CN(C(=O)C2CCCC2)C(c2ccc(F)cc2)c2cc(Br)ccc2N1. The first-order chi connectivity index (χ1) is 13.0. The summed E-state index contributed by atoms with van der Waals surface area (Å²) in [5.41, 5.74) is 2.30. The summed E-state index contributed by atoms with van der Waals surface area (Å²) in [6, 6.07) is 11.3. The normalized spacial score (nSPS) is 20.1. The van der Waals surface area contributed by atoms with Gasteiger partial charge in [-0.15, -0.1) is 0 Å². The van der Waals surface area contributed by atoms with Crippen LogP contribution in [0.1, 0.15) is 42.9 Å². The van der Waals surface area contributed by atoms with Gasteiger partial charge in [0.15, 0.2) is 0 Å². The molecule has 0 aromatic heterocycles. The van der Waals surface area contributed by atoms with Gasteiger partial charge in [-0.25, -0.2) is 4.39 Å². The number of nitrogens with zero attached hydrogens (tertiary/aromatic N) is 1. The first-order valence-corrected chi connectivity index (χ1v) is 9.97. The molecule has 1 heterocycles. The Balaban J connectivity index is 1.85. The van der Waals surface area contributed by atoms with Gasteiger partial charge in [0.1, 0.15) is 12.4 Å². The van der Waals surface area contributed by atoms with E-state index >= 15 is 0 Å². The Labute approximate surface area is 165 Å². The Hall–Kier alpha value is -2.21. The van der Waals surface area contributed by atoms with Gasteiger partial charge >= 0.3 is 0 Å². The lowest BCUT2D eigenvalue weighted by molar-refractivity contribution is -0.139. The van der Waals surface area contributed by atoms with E-state index in [-0.39, 0.29) is 30.1 Å². The van der Waals surface area contributed by atoms with E-state index in [1.165, 1.54) is 12.1 Å². The number of hydrogen-bond acceptors (Lipinski definition) is 2. The highest BCUT2D eigenvalue weighted by molar-refractivity contribution is 9.10. The zero-order valence-corrected chi connectivity index (χ0v) is 16.3. The molecular weight excluding hydrogens is 411 g/mol. The van der Waals surface area contributed by atoms with Gasteiger partial charge in [0.05, 0.1) is 6.04 Å². The van der Waals surface area contributed by atoms with Crippen LogP contribution < -0.4 is 5.32 Å². The van der Waals surface area contributed by atoms with Gasteiger partial charge in [-0.05, 0) is 48.7 Å². The second-order valence-corrected chi connectivity index (χ2v) is 8.10. The second kappa shape index (κ2) is 7.43. The molecule has 2 amide bonds. The van der Waals surface area contributed by atoms with Gasteiger partial charge in [-0.1, -0.05) is 40.9 Å². The number of carbonyl (C=O) groups is 2. The maximum atomic E-state index is 13.5. The first-order valence-electron chi connectivity index (χ1n) is 9.18. The smallest absolute Gasteiger partial charge is 0.244 e. The monoisotopic (exact) mass is 430 g/mol. The molecule has 0 radical (unpaired) electrons. The van der Waals surface area contributed by atoms with Crippen molar-refractivity contribution in [1.82, 2.24) is 4.90 Å². The lowest BCUT2D eigenvalue weighted by Gasteiger charge is -2.32. The molecule has 2 aromatic carbocycles. The minimum Gasteiger partial charge on any atom is -0.324 e. The zero-order valence-electron chi connectivity index (χ0n) is 14.8. The average molecular weight is 431 g/mol. The predicted octanol–water partition coefficient (Wildman–Crippen LogP) is 4.65. The molecule has 6 heteroatoms. The molecule has 4 nitrogen and oxygen atoms in total. The van der Waals surface area contributed by atoms with E-state index in [2.05, 4.69) is 21.2 Å². The van der Waals surface area contributed by atoms with Crippen LogP contribution in [0.3, 0.4) is 0 Å². The van der Waals surface area contributed by atoms with Gasteiger partial charge in [0, 0.05) is 21.6 Å². The van der Waals surface area contributed by atoms with Crippen molar-refractivity contribution in [2.75, 3.05) is 11.9 Å². The Kier molecular flexibility index (Phi) is 5.00. The average Bonchev–Trinajstić information content (AvgIpc) is 3.14. The summed E-state index contributed by atoms with van der Waals surface area (Å²) < 4.78 is 14.4. The minimum absolute atomic E-state index is 0.00444. The number of amides is 2. The van der Waals surface area contributed by atoms with Crippen molar-refractivity contribution in [3.8, 4) is 0 Å². The van der Waals surface area contributed by atoms with Gasteiger partial charge in [0.25, 0.3) is 0 Å². The van der Waals surface area contributed by atoms with Crippen molar-refractivity contribution in [1.29, 1.82) is 0 Å². The largest absolute Gasteiger partial charge is 0.324 e. The summed E-state index contributed by atoms with van der Waals surface area (Å²) in [7, 11) is 0. The predicted molar refractivity (Wildman–Crippen MR) is 105 cm³/mol. The Morgan fingerprint density at radius 2 is 1.81 bits per heavy atom. The van der Waals surface area contributed by atoms with Crippen LogP contribution in [0, 0.1) is 11.7 Å². The Bertz CT molecular complexity index is 878. The Morgan fingerprint density at radius 1 is 1.11 bits per heavy atom. The number of carbonyl (C=O) groups excluding carboxylic acids is 2. The quantitative estimate of drug-likeness (QED) is 0.753. The number of rotatable bonds is 2. The highest BCUT2D eigenvalue weighted by atomic mass is 79.9. The molecule has 0 bridgehead atoms. The molecule has 1 aliphatic heterocycles. The molecule has 4 rings (SSSR count). The van der Waals surface area contributed by atoms with Crippen molar-refractivity contribution in [3.63, 3.8) is 0 Å². The molecule has 1 atom stereocenters. The van der Waals surface area contributed by atoms with E-state index in [0.717, 1.165) is 41.3 Å². The number of fused-ring (bicyclic) bond motifs is 1. The van der Waals surface area contributed by atoms with Gasteiger partial charge < -0.3 is 10.2 Å². The summed E-state index contributed by atoms with van der Waals surface area (Å²) in [5, 5.41) is 2.91. The fourth-order valence-corrected chi connectivity index (χ4v) is 4.47. The number of benzene rings is 2. The second-order valence-electron chi connectivity index (χ2n) is 7.18. The maximum absolute atomic E-state index is 13.5. The van der Waals surface area contributed by atoms with Crippen molar-refractivity contribution < 1.29 is 14.0 Å². The third-order valence-corrected chi connectivity index (χ3v) is 5.87. The minimum atomic E-state index is -0.440. The van der Waals surface area contributed by atoms with E-state index in [4.69, 9.17) is 0 Å². The van der Waals surface area contributed by atoms with Crippen LogP contribution in [0.25, 0.3) is 0 Å². The molecule has 0 spiro atoms. The van der Waals surface area contributed by atoms with Crippen LogP contribution in [0.4, 0.5) is 10.1 Å². The first kappa shape index (κ1) is 18.2. The van der Waals surface area contributed by atoms with Crippen LogP contribution in [-0.4, -0.2) is 23.3 Å². The molecule has 1 aliphatic carbocycles. The maximum Gasteiger partial charge on any atom is 0.244 e. The number of halogens is 2. The molecular formula is C21H20BrFN2O2. The molecule has 2 aromatic rings. The van der Waals surface area contributed by atoms with E-state index in [0.29, 0.717) is 5.69 Å². The fourth-order valence-electron chi connectivity index (χ4n) is 4.09. The summed E-state index contributed by atoms with van der Waals surface area (Å²) in [4.78, 5) is 27.5. The molecule has 27 heavy (non-hydrogen) atoms. The van der Waals surface area contributed by atoms with E-state index in [1.54, 1.807) is 17.0 Å². The zero-order chi connectivity index (χ0) is 19.0. The van der Waals surface area contributed by atoms with E-state index < -0.39 is 6.04 Å². The molecule has 1 N–H and O–H groups in total. The van der Waals surface area contributed by atoms with Gasteiger partial charge in [-0.2, -0.15) is 0 Å². The number of nitrogens with one attached hydrogen (secondary N) is 1. The lowest BCUT2D eigenvalue weighted by Crippen LogP contribution is -2.41. The van der Waals surface area contributed by atoms with Crippen LogP contribution in [0.15, 0.2) is 46.9 Å². The molecule has 1 saturated carbocycles. The van der Waals surface area contributed by atoms with Crippen molar-refractivity contribution >= 4 is 33.4 Å². The summed E-state index contributed by atoms with van der Waals surface area (Å²) in [5.74, 6) is -0.585. The summed E-state index contributed by atoms with van der Waals surface area (Å²) in [6.07, 6.45) is 3.80. The highest BCUT2D eigenvalue weighted by Gasteiger charge is 2.37. The van der Waals surface area contributed by atoms with Crippen LogP contribution in [-0.2, 0) is 9.59 Å². The van der Waals surface area contributed by atoms with Crippen LogP contribution in [0.5, 0.6) is 0 Å². The molecule has 140 valence electrons. The number of anilines is 1. The third-order valence-electron chi connectivity index (χ3n) is 5.38.